The van der Waals surface area contributed by atoms with Crippen LogP contribution in [0.3, 0.4) is 0 Å². The van der Waals surface area contributed by atoms with Gasteiger partial charge in [0, 0.05) is 0 Å². The molecule has 0 spiro atoms. The second-order valence-electron chi connectivity index (χ2n) is 1.40. The first kappa shape index (κ1) is 10.1. The zero-order valence-electron chi connectivity index (χ0n) is 4.83. The maximum absolute atomic E-state index is 11.5. The molecule has 0 N–H and O–H groups in total. The third-order valence-corrected chi connectivity index (χ3v) is 0.534. The van der Waals surface area contributed by atoms with Crippen LogP contribution in [-0.2, 0) is 4.74 Å². The number of hydrogen-bond acceptors (Lipinski definition) is 1. The molecule has 0 aromatic rings. The molecule has 7 heteroatoms. The number of hydrogen-bond donors (Lipinski definition) is 0. The molecular weight excluding hydrogens is 178 g/mol. The SMILES string of the molecule is FC(F)=COC(F)C(F)(F)F. The maximum Gasteiger partial charge on any atom is 0.457 e. The van der Waals surface area contributed by atoms with Crippen LogP contribution in [0.5, 0.6) is 0 Å². The van der Waals surface area contributed by atoms with Crippen molar-refractivity contribution in [2.24, 2.45) is 0 Å². The molecular formula is C4H2F6O. The molecule has 0 aliphatic rings. The van der Waals surface area contributed by atoms with E-state index in [1.165, 1.54) is 0 Å². The summed E-state index contributed by atoms with van der Waals surface area (Å²) < 4.78 is 69.9. The van der Waals surface area contributed by atoms with Crippen LogP contribution in [0.15, 0.2) is 12.3 Å². The van der Waals surface area contributed by atoms with E-state index in [0.29, 0.717) is 0 Å². The zero-order valence-corrected chi connectivity index (χ0v) is 4.83. The van der Waals surface area contributed by atoms with Crippen LogP contribution in [0.1, 0.15) is 0 Å². The Labute approximate surface area is 57.3 Å². The summed E-state index contributed by atoms with van der Waals surface area (Å²) in [4.78, 5) is 0. The molecule has 0 aliphatic carbocycles. The van der Waals surface area contributed by atoms with Gasteiger partial charge in [-0.25, -0.2) is 0 Å². The van der Waals surface area contributed by atoms with E-state index in [4.69, 9.17) is 0 Å². The average molecular weight is 180 g/mol. The van der Waals surface area contributed by atoms with E-state index in [-0.39, 0.29) is 0 Å². The van der Waals surface area contributed by atoms with E-state index in [1.807, 2.05) is 0 Å². The number of alkyl halides is 4. The van der Waals surface area contributed by atoms with Gasteiger partial charge in [-0.1, -0.05) is 0 Å². The van der Waals surface area contributed by atoms with Crippen molar-refractivity contribution in [2.45, 2.75) is 12.5 Å². The van der Waals surface area contributed by atoms with Gasteiger partial charge < -0.3 is 4.74 Å². The Kier molecular flexibility index (Phi) is 3.21. The second-order valence-corrected chi connectivity index (χ2v) is 1.40. The molecule has 0 rings (SSSR count). The summed E-state index contributed by atoms with van der Waals surface area (Å²) in [5.74, 6) is 0. The van der Waals surface area contributed by atoms with Gasteiger partial charge >= 0.3 is 18.6 Å². The summed E-state index contributed by atoms with van der Waals surface area (Å²) in [5, 5.41) is 0. The molecule has 1 nitrogen and oxygen atoms in total. The monoisotopic (exact) mass is 180 g/mol. The highest BCUT2D eigenvalue weighted by molar-refractivity contribution is 4.71. The molecule has 1 unspecified atom stereocenters. The first-order valence-corrected chi connectivity index (χ1v) is 2.21. The Bertz CT molecular complexity index is 145. The van der Waals surface area contributed by atoms with Gasteiger partial charge in [-0.3, -0.25) is 0 Å². The molecule has 0 aliphatic heterocycles. The first-order valence-electron chi connectivity index (χ1n) is 2.21. The van der Waals surface area contributed by atoms with Crippen LogP contribution >= 0.6 is 0 Å². The van der Waals surface area contributed by atoms with Crippen molar-refractivity contribution in [1.29, 1.82) is 0 Å². The summed E-state index contributed by atoms with van der Waals surface area (Å²) in [6, 6.07) is 0. The van der Waals surface area contributed by atoms with E-state index in [2.05, 4.69) is 4.74 Å². The maximum atomic E-state index is 11.5. The lowest BCUT2D eigenvalue weighted by Gasteiger charge is -2.09. The first-order chi connectivity index (χ1) is 4.84. The zero-order chi connectivity index (χ0) is 9.07. The van der Waals surface area contributed by atoms with Crippen molar-refractivity contribution in [1.82, 2.24) is 0 Å². The number of ether oxygens (including phenoxy) is 1. The van der Waals surface area contributed by atoms with Gasteiger partial charge in [-0.05, 0) is 0 Å². The van der Waals surface area contributed by atoms with Crippen molar-refractivity contribution in [3.8, 4) is 0 Å². The highest BCUT2D eigenvalue weighted by Gasteiger charge is 2.41. The lowest BCUT2D eigenvalue weighted by atomic mass is 10.7. The summed E-state index contributed by atoms with van der Waals surface area (Å²) in [7, 11) is 0. The molecule has 0 radical (unpaired) electrons. The summed E-state index contributed by atoms with van der Waals surface area (Å²) in [5.41, 5.74) is 0. The minimum atomic E-state index is -5.27. The predicted molar refractivity (Wildman–Crippen MR) is 22.3 cm³/mol. The fraction of sp³-hybridized carbons (Fsp3) is 0.500. The quantitative estimate of drug-likeness (QED) is 0.468. The van der Waals surface area contributed by atoms with Gasteiger partial charge in [0.1, 0.15) is 0 Å². The van der Waals surface area contributed by atoms with Gasteiger partial charge in [-0.2, -0.15) is 26.3 Å². The lowest BCUT2D eigenvalue weighted by molar-refractivity contribution is -0.249. The van der Waals surface area contributed by atoms with Gasteiger partial charge in [0.25, 0.3) is 0 Å². The molecule has 0 aromatic carbocycles. The normalized spacial score (nSPS) is 14.0. The molecule has 11 heavy (non-hydrogen) atoms. The van der Waals surface area contributed by atoms with Crippen molar-refractivity contribution in [3.63, 3.8) is 0 Å². The summed E-state index contributed by atoms with van der Waals surface area (Å²) in [6.07, 6.45) is -12.1. The minimum Gasteiger partial charge on any atom is -0.454 e. The fourth-order valence-corrected chi connectivity index (χ4v) is 0.188. The van der Waals surface area contributed by atoms with Crippen molar-refractivity contribution >= 4 is 0 Å². The number of halogens is 6. The Morgan fingerprint density at radius 2 is 1.73 bits per heavy atom. The Hall–Kier alpha value is -0.880. The molecule has 1 atom stereocenters. The van der Waals surface area contributed by atoms with Crippen molar-refractivity contribution in [3.05, 3.63) is 12.3 Å². The van der Waals surface area contributed by atoms with Crippen molar-refractivity contribution in [2.75, 3.05) is 0 Å². The van der Waals surface area contributed by atoms with Crippen LogP contribution in [0.25, 0.3) is 0 Å². The van der Waals surface area contributed by atoms with Gasteiger partial charge in [0.05, 0.1) is 0 Å². The Morgan fingerprint density at radius 3 is 2.00 bits per heavy atom. The summed E-state index contributed by atoms with van der Waals surface area (Å²) >= 11 is 0. The van der Waals surface area contributed by atoms with E-state index in [0.717, 1.165) is 0 Å². The van der Waals surface area contributed by atoms with Gasteiger partial charge in [0.2, 0.25) is 0 Å². The van der Waals surface area contributed by atoms with Gasteiger partial charge in [0.15, 0.2) is 6.26 Å². The molecule has 0 amide bonds. The van der Waals surface area contributed by atoms with E-state index in [1.54, 1.807) is 0 Å². The minimum absolute atomic E-state index is 0.599. The Balaban J connectivity index is 3.89. The molecule has 0 heterocycles. The standard InChI is InChI=1S/C4H2F6O/c5-2(6)1-11-3(7)4(8,9)10/h1,3H. The van der Waals surface area contributed by atoms with Crippen LogP contribution in [0, 0.1) is 0 Å². The molecule has 0 saturated carbocycles. The van der Waals surface area contributed by atoms with Crippen LogP contribution in [0.2, 0.25) is 0 Å². The number of rotatable bonds is 2. The van der Waals surface area contributed by atoms with E-state index in [9.17, 15) is 26.3 Å². The largest absolute Gasteiger partial charge is 0.457 e. The second kappa shape index (κ2) is 3.49. The topological polar surface area (TPSA) is 9.23 Å². The molecule has 0 saturated heterocycles. The fourth-order valence-electron chi connectivity index (χ4n) is 0.188. The molecule has 0 fully saturated rings. The predicted octanol–water partition coefficient (Wildman–Crippen LogP) is 2.60. The van der Waals surface area contributed by atoms with E-state index < -0.39 is 24.9 Å². The van der Waals surface area contributed by atoms with Crippen LogP contribution in [0.4, 0.5) is 26.3 Å². The summed E-state index contributed by atoms with van der Waals surface area (Å²) in [6.45, 7) is 0. The average Bonchev–Trinajstić information content (AvgIpc) is 1.80. The van der Waals surface area contributed by atoms with Crippen LogP contribution in [-0.4, -0.2) is 12.5 Å². The third kappa shape index (κ3) is 4.51. The molecule has 66 valence electrons. The lowest BCUT2D eigenvalue weighted by Crippen LogP contribution is -2.25. The van der Waals surface area contributed by atoms with Crippen LogP contribution < -0.4 is 0 Å². The smallest absolute Gasteiger partial charge is 0.454 e. The highest BCUT2D eigenvalue weighted by Crippen LogP contribution is 2.24. The molecule has 0 bridgehead atoms. The highest BCUT2D eigenvalue weighted by atomic mass is 19.4. The van der Waals surface area contributed by atoms with Gasteiger partial charge in [-0.15, -0.1) is 0 Å². The van der Waals surface area contributed by atoms with E-state index >= 15 is 0 Å². The Morgan fingerprint density at radius 1 is 1.27 bits per heavy atom. The molecule has 0 aromatic heterocycles. The third-order valence-electron chi connectivity index (χ3n) is 0.534. The van der Waals surface area contributed by atoms with Crippen molar-refractivity contribution < 1.29 is 31.1 Å².